The van der Waals surface area contributed by atoms with Crippen LogP contribution in [0.5, 0.6) is 0 Å². The second kappa shape index (κ2) is 6.13. The summed E-state index contributed by atoms with van der Waals surface area (Å²) in [6.45, 7) is 0.846. The monoisotopic (exact) mass is 318 g/mol. The van der Waals surface area contributed by atoms with E-state index in [-0.39, 0.29) is 5.56 Å². The number of nitrogens with two attached hydrogens (primary N) is 1. The van der Waals surface area contributed by atoms with Crippen LogP contribution in [0.15, 0.2) is 10.9 Å². The molecule has 0 radical (unpaired) electrons. The van der Waals surface area contributed by atoms with E-state index < -0.39 is 0 Å². The third kappa shape index (κ3) is 2.72. The van der Waals surface area contributed by atoms with E-state index in [4.69, 9.17) is 4.98 Å². The van der Waals surface area contributed by atoms with Gasteiger partial charge in [-0.2, -0.15) is 0 Å². The predicted molar refractivity (Wildman–Crippen MR) is 88.5 cm³/mol. The first kappa shape index (κ1) is 14.4. The van der Waals surface area contributed by atoms with E-state index in [0.29, 0.717) is 0 Å². The Labute approximate surface area is 134 Å². The van der Waals surface area contributed by atoms with E-state index in [1.54, 1.807) is 17.4 Å². The van der Waals surface area contributed by atoms with Crippen molar-refractivity contribution in [3.63, 3.8) is 0 Å². The van der Waals surface area contributed by atoms with Gasteiger partial charge in [-0.1, -0.05) is 6.42 Å². The van der Waals surface area contributed by atoms with E-state index in [1.807, 2.05) is 4.40 Å². The number of hydrogen-bond acceptors (Lipinski definition) is 3. The summed E-state index contributed by atoms with van der Waals surface area (Å²) in [5.41, 5.74) is 2.30. The van der Waals surface area contributed by atoms with Crippen molar-refractivity contribution in [2.45, 2.75) is 70.4 Å². The molecule has 4 rings (SSSR count). The van der Waals surface area contributed by atoms with Crippen LogP contribution in [0, 0.1) is 0 Å². The Kier molecular flexibility index (Phi) is 4.01. The molecule has 0 saturated heterocycles. The fraction of sp³-hybridized carbons (Fsp3) is 0.647. The molecule has 5 heteroatoms. The van der Waals surface area contributed by atoms with Gasteiger partial charge in [-0.3, -0.25) is 9.20 Å². The molecule has 0 spiro atoms. The lowest BCUT2D eigenvalue weighted by atomic mass is 9.95. The number of hydrogen-bond donors (Lipinski definition) is 1. The second-order valence-corrected chi connectivity index (χ2v) is 7.78. The van der Waals surface area contributed by atoms with Crippen molar-refractivity contribution < 1.29 is 5.32 Å². The maximum atomic E-state index is 12.5. The molecule has 1 fully saturated rings. The van der Waals surface area contributed by atoms with Gasteiger partial charge in [-0.15, -0.1) is 11.3 Å². The summed E-state index contributed by atoms with van der Waals surface area (Å²) in [5, 5.41) is 2.39. The topological polar surface area (TPSA) is 51.0 Å². The lowest BCUT2D eigenvalue weighted by Crippen LogP contribution is -2.88. The van der Waals surface area contributed by atoms with E-state index in [0.717, 1.165) is 36.1 Å². The molecule has 0 unspecified atom stereocenters. The van der Waals surface area contributed by atoms with Gasteiger partial charge in [-0.25, -0.2) is 4.98 Å². The number of nitrogens with zero attached hydrogens (tertiary/aromatic N) is 2. The van der Waals surface area contributed by atoms with Crippen LogP contribution in [-0.2, 0) is 19.4 Å². The fourth-order valence-electron chi connectivity index (χ4n) is 3.90. The normalized spacial score (nSPS) is 19.5. The zero-order valence-electron chi connectivity index (χ0n) is 13.0. The summed E-state index contributed by atoms with van der Waals surface area (Å²) in [6, 6.07) is 2.49. The highest BCUT2D eigenvalue weighted by atomic mass is 32.1. The van der Waals surface area contributed by atoms with E-state index in [1.165, 1.54) is 55.5 Å². The Morgan fingerprint density at radius 2 is 2.00 bits per heavy atom. The molecule has 0 aromatic carbocycles. The first-order valence-corrected chi connectivity index (χ1v) is 9.49. The van der Waals surface area contributed by atoms with Crippen LogP contribution in [0.3, 0.4) is 0 Å². The molecule has 2 aliphatic carbocycles. The largest absolute Gasteiger partial charge is 0.339 e. The minimum atomic E-state index is 0.122. The average molecular weight is 318 g/mol. The molecule has 118 valence electrons. The van der Waals surface area contributed by atoms with Crippen molar-refractivity contribution in [1.82, 2.24) is 9.38 Å². The molecule has 2 aliphatic rings. The molecular weight excluding hydrogens is 294 g/mol. The van der Waals surface area contributed by atoms with E-state index >= 15 is 0 Å². The highest BCUT2D eigenvalue weighted by Crippen LogP contribution is 2.28. The smallest absolute Gasteiger partial charge is 0.259 e. The van der Waals surface area contributed by atoms with E-state index in [2.05, 4.69) is 5.32 Å². The molecular formula is C17H24N3OS+. The lowest BCUT2D eigenvalue weighted by molar-refractivity contribution is -0.707. The summed E-state index contributed by atoms with van der Waals surface area (Å²) in [6.07, 6.45) is 11.3. The van der Waals surface area contributed by atoms with Crippen molar-refractivity contribution in [2.75, 3.05) is 0 Å². The lowest BCUT2D eigenvalue weighted by Gasteiger charge is -2.19. The molecule has 2 aromatic rings. The molecule has 2 aromatic heterocycles. The van der Waals surface area contributed by atoms with Crippen molar-refractivity contribution in [1.29, 1.82) is 0 Å². The number of rotatable bonds is 3. The molecule has 2 heterocycles. The Morgan fingerprint density at radius 1 is 1.18 bits per heavy atom. The van der Waals surface area contributed by atoms with Crippen LogP contribution in [0.2, 0.25) is 0 Å². The summed E-state index contributed by atoms with van der Waals surface area (Å²) < 4.78 is 1.86. The quantitative estimate of drug-likeness (QED) is 0.941. The molecule has 4 nitrogen and oxygen atoms in total. The van der Waals surface area contributed by atoms with Crippen LogP contribution in [0.25, 0.3) is 4.96 Å². The molecule has 22 heavy (non-hydrogen) atoms. The molecule has 0 bridgehead atoms. The van der Waals surface area contributed by atoms with Gasteiger partial charge >= 0.3 is 0 Å². The molecule has 0 amide bonds. The fourth-order valence-corrected chi connectivity index (χ4v) is 5.14. The van der Waals surface area contributed by atoms with Crippen LogP contribution in [-0.4, -0.2) is 15.4 Å². The van der Waals surface area contributed by atoms with Crippen molar-refractivity contribution in [2.24, 2.45) is 0 Å². The Bertz CT molecular complexity index is 727. The van der Waals surface area contributed by atoms with Crippen LogP contribution in [0.4, 0.5) is 0 Å². The Balaban J connectivity index is 1.58. The minimum Gasteiger partial charge on any atom is -0.339 e. The Morgan fingerprint density at radius 3 is 2.86 bits per heavy atom. The average Bonchev–Trinajstić information content (AvgIpc) is 2.92. The summed E-state index contributed by atoms with van der Waals surface area (Å²) in [4.78, 5) is 19.6. The van der Waals surface area contributed by atoms with Crippen LogP contribution >= 0.6 is 11.3 Å². The van der Waals surface area contributed by atoms with Gasteiger partial charge in [-0.05, 0) is 51.4 Å². The summed E-state index contributed by atoms with van der Waals surface area (Å²) in [7, 11) is 0. The highest BCUT2D eigenvalue weighted by molar-refractivity contribution is 7.17. The molecule has 2 N–H and O–H groups in total. The van der Waals surface area contributed by atoms with Gasteiger partial charge in [0, 0.05) is 16.6 Å². The molecule has 0 atom stereocenters. The Hall–Kier alpha value is -1.20. The van der Waals surface area contributed by atoms with Gasteiger partial charge in [0.25, 0.3) is 5.56 Å². The third-order valence-electron chi connectivity index (χ3n) is 5.12. The molecule has 1 saturated carbocycles. The van der Waals surface area contributed by atoms with Crippen molar-refractivity contribution in [3.8, 4) is 0 Å². The van der Waals surface area contributed by atoms with Crippen molar-refractivity contribution in [3.05, 3.63) is 32.7 Å². The number of quaternary nitrogens is 1. The van der Waals surface area contributed by atoms with E-state index in [9.17, 15) is 4.79 Å². The zero-order chi connectivity index (χ0) is 14.9. The predicted octanol–water partition coefficient (Wildman–Crippen LogP) is 2.03. The van der Waals surface area contributed by atoms with Gasteiger partial charge in [0.1, 0.15) is 12.2 Å². The van der Waals surface area contributed by atoms with Crippen molar-refractivity contribution >= 4 is 16.3 Å². The maximum Gasteiger partial charge on any atom is 0.259 e. The minimum absolute atomic E-state index is 0.122. The third-order valence-corrected chi connectivity index (χ3v) is 6.27. The van der Waals surface area contributed by atoms with Crippen LogP contribution < -0.4 is 10.9 Å². The first-order valence-electron chi connectivity index (χ1n) is 8.68. The number of thiazole rings is 1. The number of aryl methyl sites for hydroxylation is 2. The summed E-state index contributed by atoms with van der Waals surface area (Å²) >= 11 is 1.73. The summed E-state index contributed by atoms with van der Waals surface area (Å²) in [5.74, 6) is 0. The number of fused-ring (bicyclic) bond motifs is 3. The SMILES string of the molecule is O=c1cc(C[NH2+]C2CCCCC2)nc2sc3c(n12)CCCC3. The second-order valence-electron chi connectivity index (χ2n) is 6.72. The molecule has 0 aliphatic heterocycles. The zero-order valence-corrected chi connectivity index (χ0v) is 13.8. The number of aromatic nitrogens is 2. The van der Waals surface area contributed by atoms with Gasteiger partial charge in [0.15, 0.2) is 4.96 Å². The highest BCUT2D eigenvalue weighted by Gasteiger charge is 2.20. The van der Waals surface area contributed by atoms with Crippen LogP contribution in [0.1, 0.15) is 61.2 Å². The van der Waals surface area contributed by atoms with Gasteiger partial charge in [0.2, 0.25) is 0 Å². The standard InChI is InChI=1S/C17H23N3OS/c21-16-10-13(11-18-12-6-2-1-3-7-12)19-17-20(16)14-8-4-5-9-15(14)22-17/h10,12,18H,1-9,11H2/p+1. The first-order chi connectivity index (χ1) is 10.8. The van der Waals surface area contributed by atoms with Gasteiger partial charge < -0.3 is 5.32 Å². The maximum absolute atomic E-state index is 12.5. The van der Waals surface area contributed by atoms with Gasteiger partial charge in [0.05, 0.1) is 6.04 Å².